The van der Waals surface area contributed by atoms with E-state index in [-0.39, 0.29) is 26.4 Å². The Morgan fingerprint density at radius 2 is 1.86 bits per heavy atom. The number of carbonyl (C=O) groups is 1. The van der Waals surface area contributed by atoms with Crippen molar-refractivity contribution in [1.82, 2.24) is 0 Å². The van der Waals surface area contributed by atoms with E-state index >= 15 is 0 Å². The fourth-order valence-corrected chi connectivity index (χ4v) is 1.87. The maximum absolute atomic E-state index is 12.0. The maximum atomic E-state index is 12.0. The molecule has 0 fully saturated rings. The normalized spacial score (nSPS) is 13.6. The van der Waals surface area contributed by atoms with Crippen LogP contribution in [0.2, 0.25) is 0 Å². The molecule has 0 aliphatic heterocycles. The highest BCUT2D eigenvalue weighted by molar-refractivity contribution is 5.80. The Kier molecular flexibility index (Phi) is 8.05. The zero-order valence-electron chi connectivity index (χ0n) is 13.0. The molecule has 6 heteroatoms. The van der Waals surface area contributed by atoms with E-state index < -0.39 is 18.1 Å². The van der Waals surface area contributed by atoms with Crippen molar-refractivity contribution in [3.05, 3.63) is 35.4 Å². The summed E-state index contributed by atoms with van der Waals surface area (Å²) in [5.74, 6) is -0.644. The van der Waals surface area contributed by atoms with Crippen LogP contribution in [0.25, 0.3) is 0 Å². The average molecular weight is 311 g/mol. The number of carbonyl (C=O) groups excluding carboxylic acids is 1. The van der Waals surface area contributed by atoms with E-state index in [2.05, 4.69) is 0 Å². The number of aliphatic hydroxyl groups is 2. The highest BCUT2D eigenvalue weighted by Crippen LogP contribution is 2.14. The quantitative estimate of drug-likeness (QED) is 0.420. The van der Waals surface area contributed by atoms with E-state index in [1.165, 1.54) is 0 Å². The minimum atomic E-state index is -1.41. The fraction of sp³-hybridized carbons (Fsp3) is 0.562. The van der Waals surface area contributed by atoms with Crippen LogP contribution in [-0.2, 0) is 20.7 Å². The number of benzene rings is 1. The van der Waals surface area contributed by atoms with Crippen LogP contribution in [-0.4, -0.2) is 54.8 Å². The molecule has 1 aromatic rings. The number of nitrogens with two attached hydrogens (primary N) is 1. The molecule has 124 valence electrons. The van der Waals surface area contributed by atoms with Gasteiger partial charge in [0.1, 0.15) is 12.1 Å². The van der Waals surface area contributed by atoms with Crippen LogP contribution in [0.15, 0.2) is 24.3 Å². The van der Waals surface area contributed by atoms with Crippen LogP contribution in [0.1, 0.15) is 17.5 Å². The molecule has 0 aromatic heterocycles. The van der Waals surface area contributed by atoms with Crippen LogP contribution in [0.4, 0.5) is 0 Å². The number of hydrogen-bond donors (Lipinski definition) is 3. The van der Waals surface area contributed by atoms with E-state index in [0.717, 1.165) is 11.1 Å². The van der Waals surface area contributed by atoms with Crippen molar-refractivity contribution >= 4 is 5.97 Å². The molecule has 1 aromatic carbocycles. The lowest BCUT2D eigenvalue weighted by Crippen LogP contribution is -2.52. The van der Waals surface area contributed by atoms with E-state index in [0.29, 0.717) is 12.8 Å². The topological polar surface area (TPSA) is 102 Å². The Bertz CT molecular complexity index is 448. The zero-order chi connectivity index (χ0) is 16.4. The monoisotopic (exact) mass is 311 g/mol. The molecule has 0 bridgehead atoms. The van der Waals surface area contributed by atoms with Gasteiger partial charge >= 0.3 is 5.97 Å². The first-order chi connectivity index (χ1) is 10.5. The molecule has 0 heterocycles. The van der Waals surface area contributed by atoms with Gasteiger partial charge in [-0.2, -0.15) is 0 Å². The molecule has 0 aliphatic rings. The minimum absolute atomic E-state index is 0.0440. The highest BCUT2D eigenvalue weighted by Gasteiger charge is 2.34. The molecule has 0 saturated carbocycles. The Labute approximate surface area is 130 Å². The third-order valence-corrected chi connectivity index (χ3v) is 3.37. The van der Waals surface area contributed by atoms with Gasteiger partial charge in [-0.1, -0.05) is 29.8 Å². The summed E-state index contributed by atoms with van der Waals surface area (Å²) >= 11 is 0. The number of aliphatic hydroxyl groups excluding tert-OH is 2. The van der Waals surface area contributed by atoms with Gasteiger partial charge in [0.15, 0.2) is 0 Å². The second-order valence-corrected chi connectivity index (χ2v) is 5.27. The van der Waals surface area contributed by atoms with E-state index in [1.54, 1.807) is 0 Å². The van der Waals surface area contributed by atoms with Crippen LogP contribution in [0.5, 0.6) is 0 Å². The van der Waals surface area contributed by atoms with Crippen molar-refractivity contribution in [3.63, 3.8) is 0 Å². The summed E-state index contributed by atoms with van der Waals surface area (Å²) in [4.78, 5) is 12.0. The van der Waals surface area contributed by atoms with Crippen molar-refractivity contribution in [2.24, 2.45) is 5.73 Å². The Morgan fingerprint density at radius 1 is 1.18 bits per heavy atom. The largest absolute Gasteiger partial charge is 0.462 e. The zero-order valence-corrected chi connectivity index (χ0v) is 13.0. The predicted molar refractivity (Wildman–Crippen MR) is 82.4 cm³/mol. The van der Waals surface area contributed by atoms with Gasteiger partial charge in [0.25, 0.3) is 0 Å². The third-order valence-electron chi connectivity index (χ3n) is 3.37. The molecule has 6 nitrogen and oxygen atoms in total. The Morgan fingerprint density at radius 3 is 2.45 bits per heavy atom. The lowest BCUT2D eigenvalue weighted by Gasteiger charge is -2.25. The average Bonchev–Trinajstić information content (AvgIpc) is 2.53. The summed E-state index contributed by atoms with van der Waals surface area (Å²) < 4.78 is 10.0. The third kappa shape index (κ3) is 6.11. The van der Waals surface area contributed by atoms with Gasteiger partial charge in [-0.25, -0.2) is 4.79 Å². The first-order valence-corrected chi connectivity index (χ1v) is 7.33. The lowest BCUT2D eigenvalue weighted by atomic mass is 9.93. The standard InChI is InChI=1S/C16H25NO5/c1-13-2-4-14(5-3-13)6-7-16(17,12-19)15(20)22-11-10-21-9-8-18/h2-5,18-19H,6-12,17H2,1H3. The minimum Gasteiger partial charge on any atom is -0.462 e. The van der Waals surface area contributed by atoms with Gasteiger partial charge in [0.05, 0.1) is 26.4 Å². The summed E-state index contributed by atoms with van der Waals surface area (Å²) in [5, 5.41) is 18.0. The van der Waals surface area contributed by atoms with Crippen molar-refractivity contribution < 1.29 is 24.5 Å². The van der Waals surface area contributed by atoms with Crippen LogP contribution in [0, 0.1) is 6.92 Å². The van der Waals surface area contributed by atoms with Crippen LogP contribution >= 0.6 is 0 Å². The van der Waals surface area contributed by atoms with E-state index in [9.17, 15) is 9.90 Å². The molecule has 22 heavy (non-hydrogen) atoms. The summed E-state index contributed by atoms with van der Waals surface area (Å²) in [6.07, 6.45) is 0.871. The molecule has 1 unspecified atom stereocenters. The van der Waals surface area contributed by atoms with Crippen molar-refractivity contribution in [2.75, 3.05) is 33.0 Å². The number of ether oxygens (including phenoxy) is 2. The van der Waals surface area contributed by atoms with E-state index in [1.807, 2.05) is 31.2 Å². The van der Waals surface area contributed by atoms with Gasteiger partial charge in [-0.05, 0) is 25.3 Å². The number of rotatable bonds is 10. The van der Waals surface area contributed by atoms with Crippen molar-refractivity contribution in [3.8, 4) is 0 Å². The Hall–Kier alpha value is -1.47. The lowest BCUT2D eigenvalue weighted by molar-refractivity contribution is -0.153. The molecule has 1 atom stereocenters. The van der Waals surface area contributed by atoms with Crippen molar-refractivity contribution in [2.45, 2.75) is 25.3 Å². The second-order valence-electron chi connectivity index (χ2n) is 5.27. The first-order valence-electron chi connectivity index (χ1n) is 7.33. The predicted octanol–water partition coefficient (Wildman–Crippen LogP) is 0.170. The molecule has 4 N–H and O–H groups in total. The van der Waals surface area contributed by atoms with Gasteiger partial charge in [-0.15, -0.1) is 0 Å². The van der Waals surface area contributed by atoms with Gasteiger partial charge in [0, 0.05) is 0 Å². The molecule has 0 amide bonds. The molecular formula is C16H25NO5. The van der Waals surface area contributed by atoms with Gasteiger partial charge < -0.3 is 25.4 Å². The molecule has 1 rings (SSSR count). The molecular weight excluding hydrogens is 286 g/mol. The van der Waals surface area contributed by atoms with Crippen LogP contribution < -0.4 is 5.73 Å². The number of esters is 1. The van der Waals surface area contributed by atoms with E-state index in [4.69, 9.17) is 20.3 Å². The summed E-state index contributed by atoms with van der Waals surface area (Å²) in [7, 11) is 0. The van der Waals surface area contributed by atoms with Crippen LogP contribution in [0.3, 0.4) is 0 Å². The number of aryl methyl sites for hydroxylation is 2. The smallest absolute Gasteiger partial charge is 0.328 e. The molecule has 0 spiro atoms. The maximum Gasteiger partial charge on any atom is 0.328 e. The highest BCUT2D eigenvalue weighted by atomic mass is 16.6. The molecule has 0 saturated heterocycles. The first kappa shape index (κ1) is 18.6. The fourth-order valence-electron chi connectivity index (χ4n) is 1.87. The summed E-state index contributed by atoms with van der Waals surface area (Å²) in [6, 6.07) is 7.93. The summed E-state index contributed by atoms with van der Waals surface area (Å²) in [5.41, 5.74) is 6.75. The molecule has 0 radical (unpaired) electrons. The number of hydrogen-bond acceptors (Lipinski definition) is 6. The molecule has 0 aliphatic carbocycles. The SMILES string of the molecule is Cc1ccc(CCC(N)(CO)C(=O)OCCOCCO)cc1. The summed E-state index contributed by atoms with van der Waals surface area (Å²) in [6.45, 7) is 1.87. The van der Waals surface area contributed by atoms with Crippen molar-refractivity contribution in [1.29, 1.82) is 0 Å². The van der Waals surface area contributed by atoms with Gasteiger partial charge in [0.2, 0.25) is 0 Å². The second kappa shape index (κ2) is 9.53. The van der Waals surface area contributed by atoms with Gasteiger partial charge in [-0.3, -0.25) is 0 Å². The Balaban J connectivity index is 2.44.